The van der Waals surface area contributed by atoms with E-state index in [-0.39, 0.29) is 54.5 Å². The van der Waals surface area contributed by atoms with Gasteiger partial charge in [-0.2, -0.15) is 47.2 Å². The second kappa shape index (κ2) is 32.3. The molecule has 5 fully saturated rings. The van der Waals surface area contributed by atoms with Crippen molar-refractivity contribution in [2.24, 2.45) is 5.92 Å². The number of anilines is 2. The topological polar surface area (TPSA) is 281 Å². The molecule has 562 valence electrons. The van der Waals surface area contributed by atoms with E-state index in [1.807, 2.05) is 47.4 Å². The highest BCUT2D eigenvalue weighted by Gasteiger charge is 2.51. The van der Waals surface area contributed by atoms with Crippen LogP contribution in [-0.4, -0.2) is 203 Å². The van der Waals surface area contributed by atoms with Crippen molar-refractivity contribution < 1.29 is 60.8 Å². The Kier molecular flexibility index (Phi) is 24.2. The molecule has 10 heterocycles. The number of aromatic nitrogens is 4. The fraction of sp³-hybridized carbons (Fsp3) is 0.444. The number of benzene rings is 5. The van der Waals surface area contributed by atoms with Crippen LogP contribution in [0.4, 0.5) is 28.9 Å². The number of carbonyl (C=O) groups excluding carboxylic acids is 2. The molecule has 0 bridgehead atoms. The van der Waals surface area contributed by atoms with Gasteiger partial charge >= 0.3 is 15.5 Å². The van der Waals surface area contributed by atoms with Crippen molar-refractivity contribution in [3.8, 4) is 0 Å². The van der Waals surface area contributed by atoms with Crippen LogP contribution in [0, 0.1) is 11.7 Å². The summed E-state index contributed by atoms with van der Waals surface area (Å²) < 4.78 is 153. The van der Waals surface area contributed by atoms with E-state index in [1.165, 1.54) is 76.8 Å². The number of carbonyl (C=O) groups is 2. The Morgan fingerprint density at radius 1 is 0.558 bits per heavy atom. The molecule has 5 saturated heterocycles. The number of amides is 2. The second-order valence-electron chi connectivity index (χ2n) is 27.4. The molecule has 9 aromatic rings. The smallest absolute Gasteiger partial charge is 0.366 e. The molecule has 2 atom stereocenters. The predicted molar refractivity (Wildman–Crippen MR) is 400 cm³/mol. The van der Waals surface area contributed by atoms with Crippen LogP contribution < -0.4 is 14.9 Å². The van der Waals surface area contributed by atoms with Crippen molar-refractivity contribution in [2.75, 3.05) is 110 Å². The number of H-pyrrole nitrogens is 4. The zero-order valence-corrected chi connectivity index (χ0v) is 62.9. The lowest BCUT2D eigenvalue weighted by Crippen LogP contribution is -2.53. The summed E-state index contributed by atoms with van der Waals surface area (Å²) >= 11 is 6.03. The lowest BCUT2D eigenvalue weighted by Gasteiger charge is -2.40. The molecule has 32 heteroatoms. The summed E-state index contributed by atoms with van der Waals surface area (Å²) in [6.07, 6.45) is 14.6. The van der Waals surface area contributed by atoms with Crippen molar-refractivity contribution >= 4 is 119 Å². The lowest BCUT2D eigenvalue weighted by atomic mass is 9.81. The van der Waals surface area contributed by atoms with Gasteiger partial charge < -0.3 is 35.1 Å². The minimum atomic E-state index is -5.27. The first kappa shape index (κ1) is 77.7. The van der Waals surface area contributed by atoms with Crippen molar-refractivity contribution in [2.45, 2.75) is 100 Å². The molecular formula is C72H90ClF4N13O10S4. The van der Waals surface area contributed by atoms with Gasteiger partial charge in [-0.05, 0) is 159 Å². The molecule has 0 aliphatic carbocycles. The second-order valence-corrected chi connectivity index (χ2v) is 35.8. The zero-order valence-electron chi connectivity index (χ0n) is 58.8. The summed E-state index contributed by atoms with van der Waals surface area (Å²) in [5.74, 6) is 0.509. The van der Waals surface area contributed by atoms with Crippen LogP contribution in [0.1, 0.15) is 111 Å². The average Bonchev–Trinajstić information content (AvgIpc) is 1.64. The number of piperazine rings is 1. The normalized spacial score (nSPS) is 19.9. The summed E-state index contributed by atoms with van der Waals surface area (Å²) in [7, 11) is -10.3. The van der Waals surface area contributed by atoms with Crippen molar-refractivity contribution in [1.82, 2.24) is 51.1 Å². The number of alkyl halides is 3. The van der Waals surface area contributed by atoms with Crippen LogP contribution in [0.25, 0.3) is 43.6 Å². The van der Waals surface area contributed by atoms with Crippen LogP contribution >= 0.6 is 11.6 Å². The molecular weight excluding hydrogens is 1450 g/mol. The Hall–Kier alpha value is -7.43. The maximum atomic E-state index is 13.2. The van der Waals surface area contributed by atoms with E-state index in [1.54, 1.807) is 43.7 Å². The number of aromatic amines is 4. The number of hydrogen-bond acceptors (Lipinski definition) is 11. The van der Waals surface area contributed by atoms with Gasteiger partial charge in [-0.25, -0.2) is 30.3 Å². The maximum absolute atomic E-state index is 13.2. The Bertz CT molecular complexity index is 4980. The molecule has 6 aliphatic rings. The van der Waals surface area contributed by atoms with Crippen LogP contribution in [0.5, 0.6) is 0 Å². The third-order valence-corrected chi connectivity index (χ3v) is 27.6. The van der Waals surface area contributed by atoms with Gasteiger partial charge in [0.15, 0.2) is 0 Å². The molecule has 15 rings (SSSR count). The summed E-state index contributed by atoms with van der Waals surface area (Å²) in [6, 6.07) is 34.8. The van der Waals surface area contributed by atoms with Gasteiger partial charge in [-0.3, -0.25) is 9.59 Å². The van der Waals surface area contributed by atoms with Gasteiger partial charge in [0.25, 0.3) is 20.4 Å². The van der Waals surface area contributed by atoms with E-state index >= 15 is 0 Å². The summed E-state index contributed by atoms with van der Waals surface area (Å²) in [5, 5.41) is 8.07. The summed E-state index contributed by atoms with van der Waals surface area (Å²) in [4.78, 5) is 40.9. The van der Waals surface area contributed by atoms with Gasteiger partial charge in [-0.1, -0.05) is 66.2 Å². The number of fused-ring (bicyclic) bond motifs is 5. The van der Waals surface area contributed by atoms with Crippen molar-refractivity contribution in [3.63, 3.8) is 0 Å². The zero-order chi connectivity index (χ0) is 74.6. The number of piperidine rings is 4. The van der Waals surface area contributed by atoms with Gasteiger partial charge in [0.2, 0.25) is 21.8 Å². The molecule has 6 aliphatic heterocycles. The third kappa shape index (κ3) is 17.3. The molecule has 104 heavy (non-hydrogen) atoms. The fourth-order valence-corrected chi connectivity index (χ4v) is 19.4. The van der Waals surface area contributed by atoms with Crippen molar-refractivity contribution in [3.05, 3.63) is 167 Å². The highest BCUT2D eigenvalue weighted by molar-refractivity contribution is 7.90. The van der Waals surface area contributed by atoms with Gasteiger partial charge in [0.05, 0.1) is 17.9 Å². The number of para-hydroxylation sites is 3. The van der Waals surface area contributed by atoms with Gasteiger partial charge in [0.1, 0.15) is 5.82 Å². The first-order chi connectivity index (χ1) is 49.3. The lowest BCUT2D eigenvalue weighted by molar-refractivity contribution is -0.131. The molecule has 4 aromatic heterocycles. The minimum absolute atomic E-state index is 0.00919. The molecule has 2 amide bonds. The number of sulfonamides is 2. The van der Waals surface area contributed by atoms with E-state index in [9.17, 15) is 60.8 Å². The first-order valence-electron chi connectivity index (χ1n) is 34.8. The summed E-state index contributed by atoms with van der Waals surface area (Å²) in [5.41, 5.74) is 5.31. The van der Waals surface area contributed by atoms with E-state index in [0.717, 1.165) is 78.6 Å². The average molecular weight is 1540 g/mol. The molecule has 0 radical (unpaired) electrons. The third-order valence-electron chi connectivity index (χ3n) is 20.9. The van der Waals surface area contributed by atoms with Gasteiger partial charge in [-0.15, -0.1) is 0 Å². The Morgan fingerprint density at radius 2 is 1.02 bits per heavy atom. The SMILES string of the molecule is CC(=O)N1CCN(c2c[nH]c3ccccc23)CC1C.CN(C)S(=O)(=O)N1CCC(c2c[nH]c3ccccc23)CC1.CNS(=O)(=O)N1CCC(c2c[nH]c3ccccc23)CC1.CS(=O)(=O)N1CCC(C2C(=O)Nc3ccc(Cl)cc32)CC1.O=S(=O)(N1CCC(c2c[nH]c3cc(F)ccc23)CC1)C(F)(F)F. The molecule has 2 unspecified atom stereocenters. The quantitative estimate of drug-likeness (QED) is 0.0662. The molecule has 23 nitrogen and oxygen atoms in total. The highest BCUT2D eigenvalue weighted by Crippen LogP contribution is 2.44. The minimum Gasteiger partial charge on any atom is -0.366 e. The number of nitrogens with one attached hydrogen (secondary N) is 6. The van der Waals surface area contributed by atoms with Crippen LogP contribution in [0.15, 0.2) is 134 Å². The maximum Gasteiger partial charge on any atom is 0.511 e. The molecule has 6 N–H and O–H groups in total. The van der Waals surface area contributed by atoms with Crippen LogP contribution in [0.3, 0.4) is 0 Å². The Balaban J connectivity index is 0.000000130. The van der Waals surface area contributed by atoms with E-state index < -0.39 is 46.0 Å². The molecule has 0 spiro atoms. The van der Waals surface area contributed by atoms with Gasteiger partial charge in [0, 0.05) is 185 Å². The largest absolute Gasteiger partial charge is 0.511 e. The Morgan fingerprint density at radius 3 is 1.51 bits per heavy atom. The first-order valence-corrected chi connectivity index (χ1v) is 41.3. The fourth-order valence-electron chi connectivity index (χ4n) is 15.3. The highest BCUT2D eigenvalue weighted by atomic mass is 35.5. The number of nitrogens with zero attached hydrogens (tertiary/aromatic N) is 7. The number of hydrogen-bond donors (Lipinski definition) is 6. The molecule has 5 aromatic carbocycles. The van der Waals surface area contributed by atoms with E-state index in [0.29, 0.717) is 91.6 Å². The monoisotopic (exact) mass is 1540 g/mol. The Labute approximate surface area is 610 Å². The molecule has 0 saturated carbocycles. The van der Waals surface area contributed by atoms with E-state index in [4.69, 9.17) is 11.6 Å². The van der Waals surface area contributed by atoms with Crippen LogP contribution in [0.2, 0.25) is 5.02 Å². The predicted octanol–water partition coefficient (Wildman–Crippen LogP) is 11.6. The van der Waals surface area contributed by atoms with E-state index in [2.05, 4.69) is 103 Å². The number of halogens is 5. The van der Waals surface area contributed by atoms with Crippen molar-refractivity contribution in [1.29, 1.82) is 0 Å². The standard InChI is InChI=1S/C15H21N3O2S.C15H19N3O.C14H17ClN2O3S.C14H14F4N2O2S.C14H19N3O2S/c1-17(2)21(19,20)18-9-7-12(8-10-18)14-11-16-15-6-4-3-5-13(14)15;1-11-10-17(7-8-18(11)12(2)19)15-9-16-14-6-4-3-5-13(14)15;1-21(19,20)17-6-4-9(5-7-17)13-11-8-10(15)2-3-12(11)16-14(13)18;15-10-1-2-11-12(8-19-13(11)7-10)9-3-5-20(6-4-9)23(21,22)14(16,17)18;1-15-20(18,19)17-8-6-11(7-9-17)13-10-16-14-5-3-2-4-12(13)14/h3-6,11-12,16H,7-10H2,1-2H3;3-6,9,11,16H,7-8,10H2,1-2H3;2-3,8-9,13H,4-7H2,1H3,(H,16,18);1-2,7-9,19H,3-6H2;2-5,10-11,15-16H,6-9H2,1H3. The van der Waals surface area contributed by atoms with Crippen LogP contribution in [-0.2, 0) is 50.1 Å². The number of rotatable bonds is 11. The summed E-state index contributed by atoms with van der Waals surface area (Å²) in [6.45, 7) is 9.27.